The molecule has 1 amide bonds. The Hall–Kier alpha value is -1.44. The first-order chi connectivity index (χ1) is 13.0. The third-order valence-electron chi connectivity index (χ3n) is 5.19. The molecule has 7 heteroatoms. The van der Waals surface area contributed by atoms with Crippen molar-refractivity contribution in [3.8, 4) is 0 Å². The molecule has 1 aliphatic carbocycles. The Bertz CT molecular complexity index is 523. The van der Waals surface area contributed by atoms with E-state index < -0.39 is 0 Å². The van der Waals surface area contributed by atoms with Gasteiger partial charge in [0.15, 0.2) is 0 Å². The Morgan fingerprint density at radius 3 is 2.81 bits per heavy atom. The smallest absolute Gasteiger partial charge is 0.333 e. The average Bonchev–Trinajstić information content (AvgIpc) is 2.65. The van der Waals surface area contributed by atoms with Crippen molar-refractivity contribution in [3.63, 3.8) is 0 Å². The third kappa shape index (κ3) is 6.90. The number of rotatable bonds is 9. The molecule has 0 bridgehead atoms. The lowest BCUT2D eigenvalue weighted by atomic mass is 9.87. The zero-order valence-electron chi connectivity index (χ0n) is 16.9. The fraction of sp³-hybridized carbons (Fsp3) is 0.800. The predicted octanol–water partition coefficient (Wildman–Crippen LogP) is 1.52. The van der Waals surface area contributed by atoms with Crippen molar-refractivity contribution in [1.82, 2.24) is 10.2 Å². The van der Waals surface area contributed by atoms with Gasteiger partial charge in [0.25, 0.3) is 0 Å². The van der Waals surface area contributed by atoms with Crippen LogP contribution in [-0.2, 0) is 23.8 Å². The van der Waals surface area contributed by atoms with Crippen LogP contribution in [0.2, 0.25) is 0 Å². The van der Waals surface area contributed by atoms with Gasteiger partial charge in [0.2, 0.25) is 5.91 Å². The third-order valence-corrected chi connectivity index (χ3v) is 5.19. The van der Waals surface area contributed by atoms with Crippen LogP contribution in [0.15, 0.2) is 11.6 Å². The zero-order valence-corrected chi connectivity index (χ0v) is 16.9. The van der Waals surface area contributed by atoms with Crippen LogP contribution in [-0.4, -0.2) is 75.5 Å². The highest BCUT2D eigenvalue weighted by Gasteiger charge is 2.34. The van der Waals surface area contributed by atoms with E-state index in [0.29, 0.717) is 38.8 Å². The summed E-state index contributed by atoms with van der Waals surface area (Å²) in [4.78, 5) is 26.2. The molecule has 2 rings (SSSR count). The maximum atomic E-state index is 12.2. The Labute approximate surface area is 162 Å². The first-order valence-corrected chi connectivity index (χ1v) is 10.0. The number of piperidine rings is 1. The minimum atomic E-state index is -0.236. The summed E-state index contributed by atoms with van der Waals surface area (Å²) < 4.78 is 15.9. The molecule has 27 heavy (non-hydrogen) atoms. The Morgan fingerprint density at radius 2 is 2.11 bits per heavy atom. The standard InChI is InChI=1S/C20H34N2O5/c1-4-27-20(24)17-7-8-18(21-15(2)23)19(12-17)22-9-5-6-16(13-22)14-26-11-10-25-3/h12,16,18-19H,4-11,13-14H2,1-3H3,(H,21,23)/t16?,18-,19-/m1/s1. The molecule has 0 aromatic heterocycles. The second-order valence-corrected chi connectivity index (χ2v) is 7.32. The minimum Gasteiger partial charge on any atom is -0.463 e. The van der Waals surface area contributed by atoms with Gasteiger partial charge >= 0.3 is 5.97 Å². The van der Waals surface area contributed by atoms with E-state index in [2.05, 4.69) is 10.2 Å². The zero-order chi connectivity index (χ0) is 19.6. The summed E-state index contributed by atoms with van der Waals surface area (Å²) in [5.74, 6) is 0.185. The summed E-state index contributed by atoms with van der Waals surface area (Å²) in [6.45, 7) is 7.53. The molecule has 154 valence electrons. The van der Waals surface area contributed by atoms with Gasteiger partial charge in [-0.3, -0.25) is 9.69 Å². The highest BCUT2D eigenvalue weighted by molar-refractivity contribution is 5.88. The molecule has 7 nitrogen and oxygen atoms in total. The second kappa shape index (κ2) is 11.4. The highest BCUT2D eigenvalue weighted by atomic mass is 16.5. The molecule has 0 spiro atoms. The highest BCUT2D eigenvalue weighted by Crippen LogP contribution is 2.27. The lowest BCUT2D eigenvalue weighted by molar-refractivity contribution is -0.138. The summed E-state index contributed by atoms with van der Waals surface area (Å²) in [6, 6.07) is 0.0395. The van der Waals surface area contributed by atoms with E-state index in [4.69, 9.17) is 14.2 Å². The lowest BCUT2D eigenvalue weighted by Crippen LogP contribution is -2.55. The summed E-state index contributed by atoms with van der Waals surface area (Å²) in [5.41, 5.74) is 0.724. The van der Waals surface area contributed by atoms with Crippen LogP contribution in [0, 0.1) is 5.92 Å². The number of esters is 1. The fourth-order valence-corrected chi connectivity index (χ4v) is 3.96. The Balaban J connectivity index is 2.04. The largest absolute Gasteiger partial charge is 0.463 e. The SMILES string of the molecule is CCOC(=O)C1=C[C@@H](N2CCCC(COCCOC)C2)[C@H](NC(C)=O)CC1. The molecule has 1 N–H and O–H groups in total. The molecule has 0 saturated carbocycles. The van der Waals surface area contributed by atoms with Gasteiger partial charge in [-0.15, -0.1) is 0 Å². The molecular weight excluding hydrogens is 348 g/mol. The van der Waals surface area contributed by atoms with Gasteiger partial charge in [-0.05, 0) is 45.1 Å². The number of likely N-dealkylation sites (tertiary alicyclic amines) is 1. The number of hydrogen-bond donors (Lipinski definition) is 1. The summed E-state index contributed by atoms with van der Waals surface area (Å²) in [5, 5.41) is 3.07. The van der Waals surface area contributed by atoms with E-state index in [1.54, 1.807) is 14.0 Å². The van der Waals surface area contributed by atoms with Gasteiger partial charge in [-0.2, -0.15) is 0 Å². The van der Waals surface area contributed by atoms with Crippen molar-refractivity contribution in [2.24, 2.45) is 5.92 Å². The van der Waals surface area contributed by atoms with Gasteiger partial charge in [-0.1, -0.05) is 6.08 Å². The van der Waals surface area contributed by atoms with E-state index in [0.717, 1.165) is 37.9 Å². The second-order valence-electron chi connectivity index (χ2n) is 7.32. The van der Waals surface area contributed by atoms with Crippen molar-refractivity contribution in [3.05, 3.63) is 11.6 Å². The number of carbonyl (C=O) groups excluding carboxylic acids is 2. The normalized spacial score (nSPS) is 26.3. The maximum absolute atomic E-state index is 12.2. The summed E-state index contributed by atoms with van der Waals surface area (Å²) in [7, 11) is 1.67. The molecule has 3 atom stereocenters. The van der Waals surface area contributed by atoms with Crippen LogP contribution < -0.4 is 5.32 Å². The monoisotopic (exact) mass is 382 g/mol. The molecule has 1 saturated heterocycles. The number of hydrogen-bond acceptors (Lipinski definition) is 6. The van der Waals surface area contributed by atoms with E-state index in [1.807, 2.05) is 13.0 Å². The Kier molecular flexibility index (Phi) is 9.24. The number of nitrogens with one attached hydrogen (secondary N) is 1. The van der Waals surface area contributed by atoms with Crippen molar-refractivity contribution in [2.45, 2.75) is 51.6 Å². The number of nitrogens with zero attached hydrogens (tertiary/aromatic N) is 1. The number of amides is 1. The van der Waals surface area contributed by atoms with Crippen LogP contribution in [0.3, 0.4) is 0 Å². The van der Waals surface area contributed by atoms with E-state index in [-0.39, 0.29) is 24.0 Å². The molecular formula is C20H34N2O5. The summed E-state index contributed by atoms with van der Waals surface area (Å²) in [6.07, 6.45) is 5.62. The van der Waals surface area contributed by atoms with E-state index >= 15 is 0 Å². The van der Waals surface area contributed by atoms with Crippen LogP contribution in [0.5, 0.6) is 0 Å². The molecule has 0 aromatic carbocycles. The van der Waals surface area contributed by atoms with Gasteiger partial charge in [0.05, 0.1) is 26.4 Å². The number of methoxy groups -OCH3 is 1. The predicted molar refractivity (Wildman–Crippen MR) is 102 cm³/mol. The first kappa shape index (κ1) is 21.9. The quantitative estimate of drug-likeness (QED) is 0.481. The first-order valence-electron chi connectivity index (χ1n) is 10.0. The molecule has 1 aliphatic heterocycles. The van der Waals surface area contributed by atoms with E-state index in [1.165, 1.54) is 0 Å². The van der Waals surface area contributed by atoms with Crippen molar-refractivity contribution in [2.75, 3.05) is 46.6 Å². The number of carbonyl (C=O) groups is 2. The topological polar surface area (TPSA) is 77.1 Å². The lowest BCUT2D eigenvalue weighted by Gasteiger charge is -2.42. The average molecular weight is 383 g/mol. The molecule has 0 radical (unpaired) electrons. The molecule has 0 aromatic rings. The Morgan fingerprint density at radius 1 is 1.30 bits per heavy atom. The fourth-order valence-electron chi connectivity index (χ4n) is 3.96. The van der Waals surface area contributed by atoms with Gasteiger partial charge in [0.1, 0.15) is 0 Å². The molecule has 1 fully saturated rings. The van der Waals surface area contributed by atoms with Gasteiger partial charge in [-0.25, -0.2) is 4.79 Å². The van der Waals surface area contributed by atoms with Crippen molar-refractivity contribution < 1.29 is 23.8 Å². The summed E-state index contributed by atoms with van der Waals surface area (Å²) >= 11 is 0. The number of ether oxygens (including phenoxy) is 3. The van der Waals surface area contributed by atoms with E-state index in [9.17, 15) is 9.59 Å². The molecule has 1 heterocycles. The van der Waals surface area contributed by atoms with Crippen molar-refractivity contribution >= 4 is 11.9 Å². The van der Waals surface area contributed by atoms with Crippen LogP contribution >= 0.6 is 0 Å². The molecule has 1 unspecified atom stereocenters. The van der Waals surface area contributed by atoms with Gasteiger partial charge in [0, 0.05) is 38.2 Å². The van der Waals surface area contributed by atoms with Gasteiger partial charge < -0.3 is 19.5 Å². The minimum absolute atomic E-state index is 0.0174. The van der Waals surface area contributed by atoms with Crippen LogP contribution in [0.25, 0.3) is 0 Å². The maximum Gasteiger partial charge on any atom is 0.333 e. The van der Waals surface area contributed by atoms with Crippen LogP contribution in [0.1, 0.15) is 39.5 Å². The van der Waals surface area contributed by atoms with Crippen molar-refractivity contribution in [1.29, 1.82) is 0 Å². The van der Waals surface area contributed by atoms with Crippen LogP contribution in [0.4, 0.5) is 0 Å². The molecule has 2 aliphatic rings.